The summed E-state index contributed by atoms with van der Waals surface area (Å²) in [6.45, 7) is 7.60. The first-order chi connectivity index (χ1) is 11.3. The minimum atomic E-state index is 0. The Morgan fingerprint density at radius 1 is 1.21 bits per heavy atom. The van der Waals surface area contributed by atoms with Crippen LogP contribution < -0.4 is 10.6 Å². The normalized spacial score (nSPS) is 23.6. The maximum absolute atomic E-state index is 5.78. The molecule has 0 radical (unpaired) electrons. The van der Waals surface area contributed by atoms with E-state index in [4.69, 9.17) is 9.73 Å². The van der Waals surface area contributed by atoms with Gasteiger partial charge in [-0.1, -0.05) is 32.1 Å². The molecule has 5 nitrogen and oxygen atoms in total. The van der Waals surface area contributed by atoms with Gasteiger partial charge in [0.2, 0.25) is 0 Å². The van der Waals surface area contributed by atoms with E-state index >= 15 is 0 Å². The number of hydrogen-bond donors (Lipinski definition) is 2. The zero-order chi connectivity index (χ0) is 16.3. The fourth-order valence-corrected chi connectivity index (χ4v) is 3.59. The van der Waals surface area contributed by atoms with Crippen molar-refractivity contribution in [3.63, 3.8) is 0 Å². The molecule has 1 saturated heterocycles. The molecule has 0 aromatic carbocycles. The highest BCUT2D eigenvalue weighted by atomic mass is 127. The van der Waals surface area contributed by atoms with Crippen molar-refractivity contribution in [1.82, 2.24) is 15.5 Å². The third kappa shape index (κ3) is 8.85. The Balaban J connectivity index is 0.00000288. The number of ether oxygens (including phenoxy) is 1. The summed E-state index contributed by atoms with van der Waals surface area (Å²) < 4.78 is 5.78. The molecule has 2 aliphatic rings. The average molecular weight is 452 g/mol. The zero-order valence-electron chi connectivity index (χ0n) is 15.6. The predicted octanol–water partition coefficient (Wildman–Crippen LogP) is 2.85. The molecule has 2 fully saturated rings. The van der Waals surface area contributed by atoms with Crippen LogP contribution in [0.3, 0.4) is 0 Å². The lowest BCUT2D eigenvalue weighted by Gasteiger charge is -2.29. The lowest BCUT2D eigenvalue weighted by molar-refractivity contribution is -0.0136. The van der Waals surface area contributed by atoms with Crippen LogP contribution in [-0.2, 0) is 4.74 Å². The van der Waals surface area contributed by atoms with Crippen LogP contribution in [0.1, 0.15) is 51.9 Å². The molecule has 1 heterocycles. The largest absolute Gasteiger partial charge is 0.374 e. The second-order valence-electron chi connectivity index (χ2n) is 7.05. The van der Waals surface area contributed by atoms with Crippen molar-refractivity contribution < 1.29 is 4.74 Å². The highest BCUT2D eigenvalue weighted by Crippen LogP contribution is 2.26. The maximum atomic E-state index is 5.78. The van der Waals surface area contributed by atoms with E-state index in [2.05, 4.69) is 29.5 Å². The molecule has 1 atom stereocenters. The van der Waals surface area contributed by atoms with Gasteiger partial charge in [-0.25, -0.2) is 0 Å². The van der Waals surface area contributed by atoms with E-state index in [0.29, 0.717) is 0 Å². The van der Waals surface area contributed by atoms with Crippen molar-refractivity contribution in [2.24, 2.45) is 10.9 Å². The predicted molar refractivity (Wildman–Crippen MR) is 112 cm³/mol. The van der Waals surface area contributed by atoms with E-state index < -0.39 is 0 Å². The summed E-state index contributed by atoms with van der Waals surface area (Å²) in [4.78, 5) is 7.01. The molecule has 142 valence electrons. The van der Waals surface area contributed by atoms with Crippen LogP contribution in [0.15, 0.2) is 4.99 Å². The van der Waals surface area contributed by atoms with Crippen molar-refractivity contribution in [2.75, 3.05) is 46.4 Å². The second kappa shape index (κ2) is 13.2. The molecule has 1 unspecified atom stereocenters. The molecule has 2 rings (SSSR count). The van der Waals surface area contributed by atoms with Crippen molar-refractivity contribution in [3.05, 3.63) is 0 Å². The van der Waals surface area contributed by atoms with Gasteiger partial charge in [-0.2, -0.15) is 0 Å². The summed E-state index contributed by atoms with van der Waals surface area (Å²) in [5.41, 5.74) is 0. The Morgan fingerprint density at radius 3 is 2.71 bits per heavy atom. The fourth-order valence-electron chi connectivity index (χ4n) is 3.59. The van der Waals surface area contributed by atoms with Crippen LogP contribution >= 0.6 is 24.0 Å². The molecule has 2 N–H and O–H groups in total. The van der Waals surface area contributed by atoms with Crippen LogP contribution in [0.2, 0.25) is 0 Å². The van der Waals surface area contributed by atoms with Crippen molar-refractivity contribution in [2.45, 2.75) is 58.0 Å². The highest BCUT2D eigenvalue weighted by Gasteiger charge is 2.17. The van der Waals surface area contributed by atoms with Gasteiger partial charge in [0.05, 0.1) is 19.3 Å². The molecule has 0 aromatic rings. The molecule has 0 amide bonds. The van der Waals surface area contributed by atoms with E-state index in [0.717, 1.165) is 51.2 Å². The number of guanidine groups is 1. The fraction of sp³-hybridized carbons (Fsp3) is 0.944. The van der Waals surface area contributed by atoms with E-state index in [1.165, 1.54) is 44.9 Å². The summed E-state index contributed by atoms with van der Waals surface area (Å²) >= 11 is 0. The minimum Gasteiger partial charge on any atom is -0.374 e. The van der Waals surface area contributed by atoms with Crippen LogP contribution in [0, 0.1) is 5.92 Å². The van der Waals surface area contributed by atoms with Crippen LogP contribution in [-0.4, -0.2) is 63.3 Å². The first kappa shape index (κ1) is 22.0. The third-order valence-electron chi connectivity index (χ3n) is 4.95. The molecule has 0 aromatic heterocycles. The minimum absolute atomic E-state index is 0. The summed E-state index contributed by atoms with van der Waals surface area (Å²) in [6.07, 6.45) is 10.1. The van der Waals surface area contributed by atoms with Gasteiger partial charge < -0.3 is 20.3 Å². The van der Waals surface area contributed by atoms with Gasteiger partial charge in [0.25, 0.3) is 0 Å². The number of nitrogens with zero attached hydrogens (tertiary/aromatic N) is 2. The summed E-state index contributed by atoms with van der Waals surface area (Å²) in [6, 6.07) is 0. The summed E-state index contributed by atoms with van der Waals surface area (Å²) in [7, 11) is 2.15. The number of morpholine rings is 1. The first-order valence-electron chi connectivity index (χ1n) is 9.60. The molecule has 1 saturated carbocycles. The Bertz CT molecular complexity index is 348. The number of hydrogen-bond acceptors (Lipinski definition) is 3. The molecular weight excluding hydrogens is 415 g/mol. The van der Waals surface area contributed by atoms with Crippen molar-refractivity contribution in [3.8, 4) is 0 Å². The molecule has 1 aliphatic heterocycles. The molecule has 24 heavy (non-hydrogen) atoms. The standard InChI is InChI=1S/C18H36N4O.HI/c1-3-19-18(21-14-17-15-22(2)12-13-23-17)20-11-7-10-16-8-5-4-6-9-16;/h16-17H,3-15H2,1-2H3,(H2,19,20,21);1H. The van der Waals surface area contributed by atoms with Gasteiger partial charge in [-0.15, -0.1) is 24.0 Å². The first-order valence-corrected chi connectivity index (χ1v) is 9.60. The van der Waals surface area contributed by atoms with Gasteiger partial charge >= 0.3 is 0 Å². The molecule has 6 heteroatoms. The van der Waals surface area contributed by atoms with E-state index in [-0.39, 0.29) is 30.1 Å². The summed E-state index contributed by atoms with van der Waals surface area (Å²) in [5.74, 6) is 1.91. The van der Waals surface area contributed by atoms with Crippen LogP contribution in [0.25, 0.3) is 0 Å². The molecular formula is C18H37IN4O. The van der Waals surface area contributed by atoms with Gasteiger partial charge in [0.1, 0.15) is 0 Å². The molecule has 0 spiro atoms. The Hall–Kier alpha value is -0.0800. The van der Waals surface area contributed by atoms with E-state index in [9.17, 15) is 0 Å². The zero-order valence-corrected chi connectivity index (χ0v) is 17.9. The van der Waals surface area contributed by atoms with Crippen molar-refractivity contribution in [1.29, 1.82) is 0 Å². The molecule has 1 aliphatic carbocycles. The lowest BCUT2D eigenvalue weighted by atomic mass is 9.86. The SMILES string of the molecule is CCNC(=NCC1CN(C)CCO1)NCCCC1CCCCC1.I. The van der Waals surface area contributed by atoms with Gasteiger partial charge in [0, 0.05) is 26.2 Å². The van der Waals surface area contributed by atoms with Gasteiger partial charge in [-0.3, -0.25) is 4.99 Å². The Morgan fingerprint density at radius 2 is 2.00 bits per heavy atom. The third-order valence-corrected chi connectivity index (χ3v) is 4.95. The number of halogens is 1. The number of likely N-dealkylation sites (N-methyl/N-ethyl adjacent to an activating group) is 1. The monoisotopic (exact) mass is 452 g/mol. The average Bonchev–Trinajstić information content (AvgIpc) is 2.57. The number of aliphatic imine (C=N–C) groups is 1. The van der Waals surface area contributed by atoms with E-state index in [1.54, 1.807) is 0 Å². The second-order valence-corrected chi connectivity index (χ2v) is 7.05. The van der Waals surface area contributed by atoms with Gasteiger partial charge in [0.15, 0.2) is 5.96 Å². The Kier molecular flexibility index (Phi) is 12.0. The smallest absolute Gasteiger partial charge is 0.191 e. The summed E-state index contributed by atoms with van der Waals surface area (Å²) in [5, 5.41) is 6.82. The highest BCUT2D eigenvalue weighted by molar-refractivity contribution is 14.0. The number of nitrogens with one attached hydrogen (secondary N) is 2. The van der Waals surface area contributed by atoms with Gasteiger partial charge in [-0.05, 0) is 32.7 Å². The van der Waals surface area contributed by atoms with Crippen LogP contribution in [0.5, 0.6) is 0 Å². The van der Waals surface area contributed by atoms with E-state index in [1.807, 2.05) is 0 Å². The quantitative estimate of drug-likeness (QED) is 0.270. The number of rotatable bonds is 7. The van der Waals surface area contributed by atoms with Crippen LogP contribution in [0.4, 0.5) is 0 Å². The van der Waals surface area contributed by atoms with Crippen molar-refractivity contribution >= 4 is 29.9 Å². The lowest BCUT2D eigenvalue weighted by Crippen LogP contribution is -2.43. The molecule has 0 bridgehead atoms. The Labute approximate surface area is 165 Å². The maximum Gasteiger partial charge on any atom is 0.191 e. The topological polar surface area (TPSA) is 48.9 Å².